The van der Waals surface area contributed by atoms with Crippen LogP contribution in [0.15, 0.2) is 42.5 Å². The molecule has 5 heteroatoms. The molecule has 4 nitrogen and oxygen atoms in total. The molecule has 0 saturated carbocycles. The zero-order valence-electron chi connectivity index (χ0n) is 16.0. The number of likely N-dealkylation sites (N-methyl/N-ethyl adjacent to an activating group) is 1. The first-order valence-corrected chi connectivity index (χ1v) is 9.47. The van der Waals surface area contributed by atoms with Crippen molar-refractivity contribution in [2.75, 3.05) is 27.3 Å². The number of aryl methyl sites for hydroxylation is 2. The Kier molecular flexibility index (Phi) is 6.69. The van der Waals surface area contributed by atoms with Crippen LogP contribution in [0.25, 0.3) is 0 Å². The third kappa shape index (κ3) is 5.44. The Morgan fingerprint density at radius 1 is 1.19 bits per heavy atom. The highest BCUT2D eigenvalue weighted by atomic mass is 19.1. The van der Waals surface area contributed by atoms with Gasteiger partial charge in [0.1, 0.15) is 17.3 Å². The number of β-amino-alcohol motifs (C(OH)–C–C–N with tert-alkyl or cyclic N) is 1. The molecule has 27 heavy (non-hydrogen) atoms. The second-order valence-corrected chi connectivity index (χ2v) is 7.22. The van der Waals surface area contributed by atoms with Crippen LogP contribution in [0.2, 0.25) is 0 Å². The topological polar surface area (TPSA) is 41.9 Å². The maximum absolute atomic E-state index is 13.7. The van der Waals surface area contributed by atoms with E-state index in [2.05, 4.69) is 4.90 Å². The summed E-state index contributed by atoms with van der Waals surface area (Å²) in [7, 11) is 3.68. The molecule has 1 aliphatic heterocycles. The van der Waals surface area contributed by atoms with Crippen molar-refractivity contribution in [3.63, 3.8) is 0 Å². The van der Waals surface area contributed by atoms with Gasteiger partial charge in [0.15, 0.2) is 0 Å². The first-order chi connectivity index (χ1) is 13.0. The van der Waals surface area contributed by atoms with E-state index < -0.39 is 0 Å². The smallest absolute Gasteiger partial charge is 0.123 e. The number of hydrogen-bond acceptors (Lipinski definition) is 4. The summed E-state index contributed by atoms with van der Waals surface area (Å²) in [6.07, 6.45) is 2.87. The van der Waals surface area contributed by atoms with E-state index in [1.54, 1.807) is 19.2 Å². The van der Waals surface area contributed by atoms with E-state index in [0.717, 1.165) is 41.9 Å². The van der Waals surface area contributed by atoms with Gasteiger partial charge in [-0.3, -0.25) is 0 Å². The third-order valence-corrected chi connectivity index (χ3v) is 5.21. The molecule has 0 amide bonds. The summed E-state index contributed by atoms with van der Waals surface area (Å²) < 4.78 is 25.0. The maximum Gasteiger partial charge on any atom is 0.123 e. The summed E-state index contributed by atoms with van der Waals surface area (Å²) >= 11 is 0. The van der Waals surface area contributed by atoms with E-state index in [9.17, 15) is 9.50 Å². The first kappa shape index (κ1) is 19.6. The average Bonchev–Trinajstić information content (AvgIpc) is 2.99. The lowest BCUT2D eigenvalue weighted by atomic mass is 10.0. The lowest BCUT2D eigenvalue weighted by Gasteiger charge is -2.19. The highest BCUT2D eigenvalue weighted by molar-refractivity contribution is 5.36. The number of aliphatic hydroxyl groups excluding tert-OH is 1. The lowest BCUT2D eigenvalue weighted by Crippen LogP contribution is -2.26. The fourth-order valence-corrected chi connectivity index (χ4v) is 3.68. The van der Waals surface area contributed by atoms with Crippen molar-refractivity contribution >= 4 is 0 Å². The number of likely N-dealkylation sites (tertiary alicyclic amines) is 1. The fraction of sp³-hybridized carbons (Fsp3) is 0.455. The van der Waals surface area contributed by atoms with E-state index in [4.69, 9.17) is 9.47 Å². The number of nitrogens with zero attached hydrogens (tertiary/aromatic N) is 1. The van der Waals surface area contributed by atoms with Gasteiger partial charge in [-0.25, -0.2) is 4.39 Å². The molecule has 0 spiro atoms. The number of hydrogen-bond donors (Lipinski definition) is 1. The van der Waals surface area contributed by atoms with Crippen LogP contribution in [0.1, 0.15) is 24.0 Å². The van der Waals surface area contributed by atoms with Crippen LogP contribution < -0.4 is 9.47 Å². The van der Waals surface area contributed by atoms with Crippen LogP contribution in [0, 0.1) is 5.82 Å². The molecule has 1 saturated heterocycles. The normalized spacial score (nSPS) is 20.0. The van der Waals surface area contributed by atoms with Gasteiger partial charge >= 0.3 is 0 Å². The van der Waals surface area contributed by atoms with E-state index >= 15 is 0 Å². The van der Waals surface area contributed by atoms with Gasteiger partial charge in [-0.2, -0.15) is 0 Å². The van der Waals surface area contributed by atoms with Crippen LogP contribution >= 0.6 is 0 Å². The molecule has 2 aromatic rings. The van der Waals surface area contributed by atoms with E-state index in [1.807, 2.05) is 31.3 Å². The minimum atomic E-state index is -0.248. The summed E-state index contributed by atoms with van der Waals surface area (Å²) in [5.74, 6) is 1.31. The maximum atomic E-state index is 13.7. The van der Waals surface area contributed by atoms with Gasteiger partial charge in [0.05, 0.1) is 19.8 Å². The number of rotatable bonds is 8. The van der Waals surface area contributed by atoms with Gasteiger partial charge in [-0.05, 0) is 74.2 Å². The molecule has 0 radical (unpaired) electrons. The highest BCUT2D eigenvalue weighted by Gasteiger charge is 2.27. The first-order valence-electron chi connectivity index (χ1n) is 9.47. The van der Waals surface area contributed by atoms with Crippen molar-refractivity contribution in [2.45, 2.75) is 37.8 Å². The zero-order valence-corrected chi connectivity index (χ0v) is 16.0. The lowest BCUT2D eigenvalue weighted by molar-refractivity contribution is 0.182. The number of benzene rings is 2. The van der Waals surface area contributed by atoms with Crippen LogP contribution in [0.4, 0.5) is 4.39 Å². The number of aliphatic hydroxyl groups is 1. The largest absolute Gasteiger partial charge is 0.497 e. The summed E-state index contributed by atoms with van der Waals surface area (Å²) in [6.45, 7) is 1.27. The van der Waals surface area contributed by atoms with Crippen LogP contribution in [0.3, 0.4) is 0 Å². The number of halogens is 1. The summed E-state index contributed by atoms with van der Waals surface area (Å²) in [4.78, 5) is 2.17. The molecule has 2 atom stereocenters. The molecule has 0 bridgehead atoms. The Morgan fingerprint density at radius 3 is 2.78 bits per heavy atom. The van der Waals surface area contributed by atoms with Gasteiger partial charge < -0.3 is 19.5 Å². The van der Waals surface area contributed by atoms with Crippen molar-refractivity contribution in [3.8, 4) is 11.5 Å². The molecular weight excluding hydrogens is 345 g/mol. The Morgan fingerprint density at radius 2 is 2.04 bits per heavy atom. The molecule has 3 rings (SSSR count). The minimum absolute atomic E-state index is 0.246. The number of ether oxygens (including phenoxy) is 2. The molecule has 0 aliphatic carbocycles. The molecule has 1 heterocycles. The third-order valence-electron chi connectivity index (χ3n) is 5.21. The molecular formula is C22H28FNO3. The zero-order chi connectivity index (χ0) is 19.2. The summed E-state index contributed by atoms with van der Waals surface area (Å²) in [5, 5.41) is 9.74. The van der Waals surface area contributed by atoms with Crippen molar-refractivity contribution in [1.82, 2.24) is 4.90 Å². The highest BCUT2D eigenvalue weighted by Crippen LogP contribution is 2.24. The van der Waals surface area contributed by atoms with Gasteiger partial charge in [-0.1, -0.05) is 12.1 Å². The molecule has 1 N–H and O–H groups in total. The van der Waals surface area contributed by atoms with Crippen LogP contribution in [0.5, 0.6) is 11.5 Å². The Hall–Kier alpha value is -2.11. The SMILES string of the molecule is COc1cccc(CCc2cc(F)ccc2OCC[C@@H]2C[C@@H](O)CN2C)c1. The van der Waals surface area contributed by atoms with Crippen molar-refractivity contribution in [2.24, 2.45) is 0 Å². The average molecular weight is 373 g/mol. The van der Waals surface area contributed by atoms with Gasteiger partial charge in [0.25, 0.3) is 0 Å². The number of methoxy groups -OCH3 is 1. The summed E-state index contributed by atoms with van der Waals surface area (Å²) in [6, 6.07) is 13.0. The predicted octanol–water partition coefficient (Wildman–Crippen LogP) is 3.45. The second kappa shape index (κ2) is 9.20. The molecule has 1 fully saturated rings. The summed E-state index contributed by atoms with van der Waals surface area (Å²) in [5.41, 5.74) is 2.02. The molecule has 1 aliphatic rings. The van der Waals surface area contributed by atoms with Gasteiger partial charge in [0.2, 0.25) is 0 Å². The van der Waals surface area contributed by atoms with Crippen molar-refractivity contribution in [3.05, 3.63) is 59.4 Å². The standard InChI is InChI=1S/C22H28FNO3/c1-24-15-20(25)14-19(24)10-11-27-22-9-8-18(23)13-17(22)7-6-16-4-3-5-21(12-16)26-2/h3-5,8-9,12-13,19-20,25H,6-7,10-11,14-15H2,1-2H3/t19-,20-/m1/s1. The van der Waals surface area contributed by atoms with Crippen LogP contribution in [-0.2, 0) is 12.8 Å². The quantitative estimate of drug-likeness (QED) is 0.770. The van der Waals surface area contributed by atoms with E-state index in [1.165, 1.54) is 6.07 Å². The van der Waals surface area contributed by atoms with Crippen molar-refractivity contribution < 1.29 is 19.0 Å². The molecule has 0 unspecified atom stereocenters. The Balaban J connectivity index is 1.59. The van der Waals surface area contributed by atoms with Gasteiger partial charge in [-0.15, -0.1) is 0 Å². The molecule has 2 aromatic carbocycles. The molecule has 0 aromatic heterocycles. The van der Waals surface area contributed by atoms with E-state index in [-0.39, 0.29) is 11.9 Å². The monoisotopic (exact) mass is 373 g/mol. The second-order valence-electron chi connectivity index (χ2n) is 7.22. The minimum Gasteiger partial charge on any atom is -0.497 e. The predicted molar refractivity (Wildman–Crippen MR) is 104 cm³/mol. The Labute approximate surface area is 160 Å². The van der Waals surface area contributed by atoms with Crippen molar-refractivity contribution in [1.29, 1.82) is 0 Å². The Bertz CT molecular complexity index is 752. The van der Waals surface area contributed by atoms with Crippen LogP contribution in [-0.4, -0.2) is 49.5 Å². The van der Waals surface area contributed by atoms with Gasteiger partial charge in [0, 0.05) is 12.6 Å². The van der Waals surface area contributed by atoms with E-state index in [0.29, 0.717) is 25.6 Å². The molecule has 146 valence electrons. The fourth-order valence-electron chi connectivity index (χ4n) is 3.68.